The van der Waals surface area contributed by atoms with Gasteiger partial charge in [-0.3, -0.25) is 0 Å². The normalized spacial score (nSPS) is 28.7. The Hall–Kier alpha value is -1.24. The molecule has 0 heterocycles. The van der Waals surface area contributed by atoms with Crippen molar-refractivity contribution in [2.75, 3.05) is 7.11 Å². The maximum atomic E-state index is 5.53. The summed E-state index contributed by atoms with van der Waals surface area (Å²) in [5, 5.41) is 0. The van der Waals surface area contributed by atoms with Crippen LogP contribution in [0.15, 0.2) is 30.9 Å². The Kier molecular flexibility index (Phi) is 7.85. The SMILES string of the molecule is C=CC1CCC(C2CCC(CCc3ccc(OC)c(CCC)c3)CC2)CC1. The van der Waals surface area contributed by atoms with Crippen molar-refractivity contribution in [1.29, 1.82) is 0 Å². The van der Waals surface area contributed by atoms with Crippen LogP contribution in [0.2, 0.25) is 0 Å². The lowest BCUT2D eigenvalue weighted by atomic mass is 9.68. The first kappa shape index (κ1) is 20.5. The van der Waals surface area contributed by atoms with Crippen LogP contribution in [0.5, 0.6) is 5.75 Å². The summed E-state index contributed by atoms with van der Waals surface area (Å²) in [6.45, 7) is 6.24. The van der Waals surface area contributed by atoms with Gasteiger partial charge in [0.2, 0.25) is 0 Å². The third kappa shape index (κ3) is 5.62. The van der Waals surface area contributed by atoms with E-state index in [-0.39, 0.29) is 0 Å². The molecule has 0 spiro atoms. The molecule has 0 amide bonds. The monoisotopic (exact) mass is 368 g/mol. The molecule has 1 aromatic rings. The van der Waals surface area contributed by atoms with Gasteiger partial charge in [0.15, 0.2) is 0 Å². The summed E-state index contributed by atoms with van der Waals surface area (Å²) in [7, 11) is 1.79. The molecule has 1 heteroatoms. The molecule has 0 unspecified atom stereocenters. The zero-order valence-electron chi connectivity index (χ0n) is 17.7. The van der Waals surface area contributed by atoms with Crippen molar-refractivity contribution in [2.45, 2.75) is 84.0 Å². The number of rotatable bonds is 8. The van der Waals surface area contributed by atoms with Crippen LogP contribution in [0, 0.1) is 23.7 Å². The molecule has 2 aliphatic carbocycles. The third-order valence-corrected chi connectivity index (χ3v) is 7.41. The maximum Gasteiger partial charge on any atom is 0.122 e. The third-order valence-electron chi connectivity index (χ3n) is 7.41. The van der Waals surface area contributed by atoms with Gasteiger partial charge in [-0.25, -0.2) is 0 Å². The molecule has 2 aliphatic rings. The molecular formula is C26H40O. The summed E-state index contributed by atoms with van der Waals surface area (Å²) in [5.74, 6) is 4.85. The van der Waals surface area contributed by atoms with Crippen LogP contribution in [-0.2, 0) is 12.8 Å². The van der Waals surface area contributed by atoms with E-state index in [1.54, 1.807) is 7.11 Å². The van der Waals surface area contributed by atoms with E-state index < -0.39 is 0 Å². The molecule has 0 radical (unpaired) electrons. The first-order valence-corrected chi connectivity index (χ1v) is 11.5. The van der Waals surface area contributed by atoms with E-state index in [4.69, 9.17) is 4.74 Å². The summed E-state index contributed by atoms with van der Waals surface area (Å²) in [6.07, 6.45) is 18.7. The fourth-order valence-corrected chi connectivity index (χ4v) is 5.62. The zero-order valence-corrected chi connectivity index (χ0v) is 17.7. The van der Waals surface area contributed by atoms with Gasteiger partial charge in [0, 0.05) is 0 Å². The lowest BCUT2D eigenvalue weighted by Crippen LogP contribution is -2.25. The Balaban J connectivity index is 1.43. The molecule has 3 rings (SSSR count). The first-order valence-electron chi connectivity index (χ1n) is 11.5. The van der Waals surface area contributed by atoms with Gasteiger partial charge >= 0.3 is 0 Å². The van der Waals surface area contributed by atoms with E-state index in [2.05, 4.69) is 37.8 Å². The molecular weight excluding hydrogens is 328 g/mol. The summed E-state index contributed by atoms with van der Waals surface area (Å²) < 4.78 is 5.53. The average molecular weight is 369 g/mol. The molecule has 1 nitrogen and oxygen atoms in total. The van der Waals surface area contributed by atoms with Crippen molar-refractivity contribution in [3.63, 3.8) is 0 Å². The molecule has 0 aliphatic heterocycles. The average Bonchev–Trinajstić information content (AvgIpc) is 2.73. The molecule has 2 fully saturated rings. The van der Waals surface area contributed by atoms with Gasteiger partial charge in [0.25, 0.3) is 0 Å². The van der Waals surface area contributed by atoms with E-state index in [9.17, 15) is 0 Å². The van der Waals surface area contributed by atoms with Crippen molar-refractivity contribution in [3.05, 3.63) is 42.0 Å². The summed E-state index contributed by atoms with van der Waals surface area (Å²) in [4.78, 5) is 0. The second-order valence-corrected chi connectivity index (χ2v) is 9.13. The smallest absolute Gasteiger partial charge is 0.122 e. The zero-order chi connectivity index (χ0) is 19.1. The maximum absolute atomic E-state index is 5.53. The number of aryl methyl sites for hydroxylation is 2. The second-order valence-electron chi connectivity index (χ2n) is 9.13. The van der Waals surface area contributed by atoms with Crippen LogP contribution in [0.25, 0.3) is 0 Å². The topological polar surface area (TPSA) is 9.23 Å². The molecule has 0 N–H and O–H groups in total. The predicted molar refractivity (Wildman–Crippen MR) is 116 cm³/mol. The Morgan fingerprint density at radius 1 is 0.963 bits per heavy atom. The number of benzene rings is 1. The fourth-order valence-electron chi connectivity index (χ4n) is 5.62. The van der Waals surface area contributed by atoms with E-state index in [0.717, 1.165) is 35.8 Å². The first-order chi connectivity index (χ1) is 13.2. The second kappa shape index (κ2) is 10.3. The van der Waals surface area contributed by atoms with Crippen LogP contribution in [-0.4, -0.2) is 7.11 Å². The van der Waals surface area contributed by atoms with Gasteiger partial charge in [-0.1, -0.05) is 44.4 Å². The Labute approximate surface area is 167 Å². The van der Waals surface area contributed by atoms with Crippen LogP contribution in [0.4, 0.5) is 0 Å². The highest BCUT2D eigenvalue weighted by Crippen LogP contribution is 2.42. The van der Waals surface area contributed by atoms with E-state index in [1.165, 1.54) is 81.8 Å². The molecule has 0 saturated heterocycles. The van der Waals surface area contributed by atoms with Crippen LogP contribution in [0.3, 0.4) is 0 Å². The van der Waals surface area contributed by atoms with Crippen LogP contribution >= 0.6 is 0 Å². The number of methoxy groups -OCH3 is 1. The van der Waals surface area contributed by atoms with Crippen molar-refractivity contribution in [3.8, 4) is 5.75 Å². The highest BCUT2D eigenvalue weighted by atomic mass is 16.5. The summed E-state index contributed by atoms with van der Waals surface area (Å²) in [6, 6.07) is 6.85. The van der Waals surface area contributed by atoms with Crippen molar-refractivity contribution in [1.82, 2.24) is 0 Å². The number of hydrogen-bond donors (Lipinski definition) is 0. The minimum absolute atomic E-state index is 0.805. The molecule has 2 saturated carbocycles. The minimum Gasteiger partial charge on any atom is -0.496 e. The van der Waals surface area contributed by atoms with Crippen LogP contribution < -0.4 is 4.74 Å². The van der Waals surface area contributed by atoms with Gasteiger partial charge < -0.3 is 4.74 Å². The Morgan fingerprint density at radius 2 is 1.63 bits per heavy atom. The Morgan fingerprint density at radius 3 is 2.22 bits per heavy atom. The van der Waals surface area contributed by atoms with E-state index in [1.807, 2.05) is 0 Å². The van der Waals surface area contributed by atoms with Gasteiger partial charge in [-0.2, -0.15) is 0 Å². The highest BCUT2D eigenvalue weighted by molar-refractivity contribution is 5.37. The van der Waals surface area contributed by atoms with E-state index >= 15 is 0 Å². The fraction of sp³-hybridized carbons (Fsp3) is 0.692. The highest BCUT2D eigenvalue weighted by Gasteiger charge is 2.30. The standard InChI is InChI=1S/C26H40O/c1-4-6-25-19-22(13-18-26(25)27-3)8-7-21-11-16-24(17-12-21)23-14-9-20(5-2)10-15-23/h5,13,18-21,23-24H,2,4,6-12,14-17H2,1,3H3. The van der Waals surface area contributed by atoms with Crippen molar-refractivity contribution >= 4 is 0 Å². The Bertz CT molecular complexity index is 574. The number of hydrogen-bond acceptors (Lipinski definition) is 1. The van der Waals surface area contributed by atoms with Gasteiger partial charge in [-0.05, 0) is 98.7 Å². The van der Waals surface area contributed by atoms with E-state index in [0.29, 0.717) is 0 Å². The predicted octanol–water partition coefficient (Wildman–Crippen LogP) is 7.38. The molecule has 150 valence electrons. The largest absolute Gasteiger partial charge is 0.496 e. The summed E-state index contributed by atoms with van der Waals surface area (Å²) in [5.41, 5.74) is 2.89. The van der Waals surface area contributed by atoms with Gasteiger partial charge in [-0.15, -0.1) is 6.58 Å². The molecule has 0 bridgehead atoms. The number of ether oxygens (including phenoxy) is 1. The van der Waals surface area contributed by atoms with Crippen molar-refractivity contribution in [2.24, 2.45) is 23.7 Å². The number of allylic oxidation sites excluding steroid dienone is 1. The van der Waals surface area contributed by atoms with Crippen LogP contribution in [0.1, 0.15) is 82.3 Å². The molecule has 1 aromatic carbocycles. The minimum atomic E-state index is 0.805. The summed E-state index contributed by atoms with van der Waals surface area (Å²) >= 11 is 0. The van der Waals surface area contributed by atoms with Crippen molar-refractivity contribution < 1.29 is 4.74 Å². The molecule has 0 aromatic heterocycles. The van der Waals surface area contributed by atoms with Gasteiger partial charge in [0.1, 0.15) is 5.75 Å². The lowest BCUT2D eigenvalue weighted by molar-refractivity contribution is 0.153. The quantitative estimate of drug-likeness (QED) is 0.435. The lowest BCUT2D eigenvalue weighted by Gasteiger charge is -2.37. The molecule has 0 atom stereocenters. The molecule has 27 heavy (non-hydrogen) atoms. The van der Waals surface area contributed by atoms with Gasteiger partial charge in [0.05, 0.1) is 7.11 Å².